The first-order valence-electron chi connectivity index (χ1n) is 7.92. The molecule has 1 atom stereocenters. The second-order valence-corrected chi connectivity index (χ2v) is 6.53. The number of benzene rings is 1. The van der Waals surface area contributed by atoms with Crippen molar-refractivity contribution >= 4 is 11.7 Å². The van der Waals surface area contributed by atoms with Crippen LogP contribution >= 0.6 is 0 Å². The molecular weight excluding hydrogens is 264 g/mol. The first-order chi connectivity index (χ1) is 10.1. The molecule has 1 fully saturated rings. The first kappa shape index (κ1) is 14.4. The Bertz CT molecular complexity index is 527. The Balaban J connectivity index is 1.67. The maximum Gasteiger partial charge on any atom is 0.323 e. The Morgan fingerprint density at radius 3 is 2.90 bits per heavy atom. The van der Waals surface area contributed by atoms with Crippen LogP contribution in [0.4, 0.5) is 5.69 Å². The summed E-state index contributed by atoms with van der Waals surface area (Å²) in [6.45, 7) is 3.64. The molecule has 0 saturated heterocycles. The van der Waals surface area contributed by atoms with Gasteiger partial charge in [0.1, 0.15) is 5.54 Å². The van der Waals surface area contributed by atoms with Crippen LogP contribution in [-0.2, 0) is 11.2 Å². The average Bonchev–Trinajstić information content (AvgIpc) is 3.28. The third-order valence-electron chi connectivity index (χ3n) is 4.66. The second-order valence-electron chi connectivity index (χ2n) is 6.53. The number of aliphatic carboxylic acids is 1. The zero-order chi connectivity index (χ0) is 14.9. The van der Waals surface area contributed by atoms with Crippen LogP contribution in [0.1, 0.15) is 38.2 Å². The summed E-state index contributed by atoms with van der Waals surface area (Å²) in [5, 5.41) is 12.9. The lowest BCUT2D eigenvalue weighted by Gasteiger charge is -2.34. The molecule has 1 saturated carbocycles. The van der Waals surface area contributed by atoms with E-state index in [9.17, 15) is 9.90 Å². The number of aryl methyl sites for hydroxylation is 1. The molecule has 2 aliphatic rings. The van der Waals surface area contributed by atoms with Crippen LogP contribution in [0.15, 0.2) is 24.3 Å². The molecule has 0 bridgehead atoms. The minimum Gasteiger partial charge on any atom is -0.480 e. The smallest absolute Gasteiger partial charge is 0.323 e. The Hall–Kier alpha value is -1.55. The van der Waals surface area contributed by atoms with Gasteiger partial charge in [-0.05, 0) is 50.7 Å². The van der Waals surface area contributed by atoms with Gasteiger partial charge in [0, 0.05) is 24.8 Å². The molecule has 1 aliphatic carbocycles. The fourth-order valence-corrected chi connectivity index (χ4v) is 3.12. The molecule has 4 heteroatoms. The third kappa shape index (κ3) is 3.21. The summed E-state index contributed by atoms with van der Waals surface area (Å²) in [6, 6.07) is 8.88. The Morgan fingerprint density at radius 1 is 1.43 bits per heavy atom. The summed E-state index contributed by atoms with van der Waals surface area (Å²) < 4.78 is 0. The summed E-state index contributed by atoms with van der Waals surface area (Å²) >= 11 is 0. The van der Waals surface area contributed by atoms with Crippen molar-refractivity contribution < 1.29 is 9.90 Å². The minimum absolute atomic E-state index is 0.403. The van der Waals surface area contributed by atoms with E-state index in [1.54, 1.807) is 0 Å². The van der Waals surface area contributed by atoms with Crippen molar-refractivity contribution in [3.8, 4) is 0 Å². The lowest BCUT2D eigenvalue weighted by atomic mass is 9.95. The normalized spacial score (nSPS) is 20.7. The van der Waals surface area contributed by atoms with Gasteiger partial charge in [-0.15, -0.1) is 0 Å². The maximum atomic E-state index is 11.6. The van der Waals surface area contributed by atoms with Crippen LogP contribution in [0.3, 0.4) is 0 Å². The van der Waals surface area contributed by atoms with Gasteiger partial charge in [-0.1, -0.05) is 18.2 Å². The Labute approximate surface area is 126 Å². The van der Waals surface area contributed by atoms with Gasteiger partial charge in [-0.3, -0.25) is 10.1 Å². The highest BCUT2D eigenvalue weighted by molar-refractivity contribution is 5.78. The van der Waals surface area contributed by atoms with E-state index in [2.05, 4.69) is 34.5 Å². The molecule has 4 nitrogen and oxygen atoms in total. The lowest BCUT2D eigenvalue weighted by molar-refractivity contribution is -0.144. The number of hydrogen-bond donors (Lipinski definition) is 2. The number of nitrogens with one attached hydrogen (secondary N) is 1. The van der Waals surface area contributed by atoms with Crippen molar-refractivity contribution in [3.63, 3.8) is 0 Å². The number of rotatable bonds is 6. The van der Waals surface area contributed by atoms with Gasteiger partial charge in [-0.25, -0.2) is 0 Å². The summed E-state index contributed by atoms with van der Waals surface area (Å²) in [7, 11) is 0. The van der Waals surface area contributed by atoms with Crippen LogP contribution in [0.5, 0.6) is 0 Å². The van der Waals surface area contributed by atoms with Gasteiger partial charge in [0.2, 0.25) is 0 Å². The second kappa shape index (κ2) is 5.68. The summed E-state index contributed by atoms with van der Waals surface area (Å²) in [4.78, 5) is 14.0. The standard InChI is InChI=1S/C17H24N2O2/c1-17(16(20)21,18-14-8-9-14)10-12-19-11-4-6-13-5-2-3-7-15(13)19/h2-3,5,7,14,18H,4,6,8-12H2,1H3,(H,20,21). The largest absolute Gasteiger partial charge is 0.480 e. The number of hydrogen-bond acceptors (Lipinski definition) is 3. The lowest BCUT2D eigenvalue weighted by Crippen LogP contribution is -2.52. The van der Waals surface area contributed by atoms with E-state index in [1.165, 1.54) is 11.3 Å². The Kier molecular flexibility index (Phi) is 3.89. The van der Waals surface area contributed by atoms with E-state index >= 15 is 0 Å². The molecule has 0 amide bonds. The van der Waals surface area contributed by atoms with Gasteiger partial charge in [0.25, 0.3) is 0 Å². The number of anilines is 1. The van der Waals surface area contributed by atoms with Crippen molar-refractivity contribution in [3.05, 3.63) is 29.8 Å². The fraction of sp³-hybridized carbons (Fsp3) is 0.588. The SMILES string of the molecule is CC(CCN1CCCc2ccccc21)(NC1CC1)C(=O)O. The molecule has 0 spiro atoms. The monoisotopic (exact) mass is 288 g/mol. The van der Waals surface area contributed by atoms with E-state index in [4.69, 9.17) is 0 Å². The molecule has 3 rings (SSSR count). The molecule has 0 radical (unpaired) electrons. The maximum absolute atomic E-state index is 11.6. The van der Waals surface area contributed by atoms with E-state index in [1.807, 2.05) is 6.92 Å². The van der Waals surface area contributed by atoms with Gasteiger partial charge in [0.05, 0.1) is 0 Å². The topological polar surface area (TPSA) is 52.6 Å². The minimum atomic E-state index is -0.812. The van der Waals surface area contributed by atoms with Crippen molar-refractivity contribution in [2.75, 3.05) is 18.0 Å². The highest BCUT2D eigenvalue weighted by atomic mass is 16.4. The molecular formula is C17H24N2O2. The van der Waals surface area contributed by atoms with Gasteiger partial charge < -0.3 is 10.0 Å². The van der Waals surface area contributed by atoms with Gasteiger partial charge in [-0.2, -0.15) is 0 Å². The molecule has 1 aromatic rings. The van der Waals surface area contributed by atoms with Crippen molar-refractivity contribution in [1.29, 1.82) is 0 Å². The van der Waals surface area contributed by atoms with E-state index < -0.39 is 11.5 Å². The number of para-hydroxylation sites is 1. The van der Waals surface area contributed by atoms with Crippen LogP contribution in [-0.4, -0.2) is 35.7 Å². The summed E-state index contributed by atoms with van der Waals surface area (Å²) in [6.07, 6.45) is 5.12. The first-order valence-corrected chi connectivity index (χ1v) is 7.92. The molecule has 114 valence electrons. The number of carboxylic acid groups (broad SMARTS) is 1. The van der Waals surface area contributed by atoms with Crippen LogP contribution in [0.25, 0.3) is 0 Å². The van der Waals surface area contributed by atoms with E-state index in [0.29, 0.717) is 12.5 Å². The number of carboxylic acids is 1. The molecule has 1 heterocycles. The van der Waals surface area contributed by atoms with Crippen LogP contribution in [0.2, 0.25) is 0 Å². The van der Waals surface area contributed by atoms with E-state index in [-0.39, 0.29) is 0 Å². The van der Waals surface area contributed by atoms with Crippen molar-refractivity contribution in [1.82, 2.24) is 5.32 Å². The molecule has 1 unspecified atom stereocenters. The number of fused-ring (bicyclic) bond motifs is 1. The zero-order valence-corrected chi connectivity index (χ0v) is 12.6. The summed E-state index contributed by atoms with van der Waals surface area (Å²) in [5.41, 5.74) is 1.85. The van der Waals surface area contributed by atoms with Gasteiger partial charge >= 0.3 is 5.97 Å². The van der Waals surface area contributed by atoms with Crippen LogP contribution < -0.4 is 10.2 Å². The molecule has 1 aromatic carbocycles. The van der Waals surface area contributed by atoms with Crippen molar-refractivity contribution in [2.24, 2.45) is 0 Å². The number of carbonyl (C=O) groups is 1. The predicted molar refractivity (Wildman–Crippen MR) is 83.8 cm³/mol. The molecule has 21 heavy (non-hydrogen) atoms. The Morgan fingerprint density at radius 2 is 2.19 bits per heavy atom. The molecule has 1 aliphatic heterocycles. The summed E-state index contributed by atoms with van der Waals surface area (Å²) in [5.74, 6) is -0.736. The molecule has 0 aromatic heterocycles. The van der Waals surface area contributed by atoms with Crippen LogP contribution in [0, 0.1) is 0 Å². The van der Waals surface area contributed by atoms with E-state index in [0.717, 1.165) is 38.8 Å². The average molecular weight is 288 g/mol. The van der Waals surface area contributed by atoms with Gasteiger partial charge in [0.15, 0.2) is 0 Å². The molecule has 2 N–H and O–H groups in total. The zero-order valence-electron chi connectivity index (χ0n) is 12.6. The fourth-order valence-electron chi connectivity index (χ4n) is 3.12. The highest BCUT2D eigenvalue weighted by Crippen LogP contribution is 2.29. The number of nitrogens with zero attached hydrogens (tertiary/aromatic N) is 1. The van der Waals surface area contributed by atoms with Crippen molar-refractivity contribution in [2.45, 2.75) is 50.6 Å². The predicted octanol–water partition coefficient (Wildman–Crippen LogP) is 2.42. The quantitative estimate of drug-likeness (QED) is 0.844. The third-order valence-corrected chi connectivity index (χ3v) is 4.66. The highest BCUT2D eigenvalue weighted by Gasteiger charge is 2.38.